The van der Waals surface area contributed by atoms with Gasteiger partial charge in [-0.1, -0.05) is 28.9 Å². The molecule has 0 amide bonds. The molecule has 0 saturated carbocycles. The molecule has 5 rings (SSSR count). The second kappa shape index (κ2) is 9.96. The van der Waals surface area contributed by atoms with Crippen molar-refractivity contribution >= 4 is 45.0 Å². The molecule has 0 spiro atoms. The maximum atomic E-state index is 12.3. The Bertz CT molecular complexity index is 1330. The van der Waals surface area contributed by atoms with Gasteiger partial charge in [-0.3, -0.25) is 0 Å². The van der Waals surface area contributed by atoms with E-state index < -0.39 is 11.2 Å². The van der Waals surface area contributed by atoms with E-state index in [0.29, 0.717) is 29.7 Å². The number of nitrogens with zero attached hydrogens (tertiary/aromatic N) is 4. The lowest BCUT2D eigenvalue weighted by Gasteiger charge is -2.11. The van der Waals surface area contributed by atoms with Crippen molar-refractivity contribution in [2.75, 3.05) is 5.75 Å². The van der Waals surface area contributed by atoms with E-state index in [1.807, 2.05) is 47.8 Å². The summed E-state index contributed by atoms with van der Waals surface area (Å²) in [6, 6.07) is 15.5. The monoisotopic (exact) mass is 497 g/mol. The summed E-state index contributed by atoms with van der Waals surface area (Å²) in [6.45, 7) is 0.974. The number of aryl methyl sites for hydroxylation is 1. The van der Waals surface area contributed by atoms with Crippen LogP contribution in [0.25, 0.3) is 21.6 Å². The van der Waals surface area contributed by atoms with E-state index in [0.717, 1.165) is 38.6 Å². The normalized spacial score (nSPS) is 12.3. The Morgan fingerprint density at radius 3 is 2.85 bits per heavy atom. The van der Waals surface area contributed by atoms with Crippen LogP contribution in [-0.2, 0) is 30.1 Å². The summed E-state index contributed by atoms with van der Waals surface area (Å²) >= 11 is 6.69. The first-order valence-electron chi connectivity index (χ1n) is 10.3. The molecule has 5 aromatic rings. The summed E-state index contributed by atoms with van der Waals surface area (Å²) in [4.78, 5) is 8.07. The van der Waals surface area contributed by atoms with Crippen molar-refractivity contribution in [2.45, 2.75) is 18.9 Å². The second-order valence-corrected chi connectivity index (χ2v) is 10.3. The van der Waals surface area contributed by atoms with Gasteiger partial charge in [0.25, 0.3) is 0 Å². The minimum atomic E-state index is -0.967. The first kappa shape index (κ1) is 22.0. The van der Waals surface area contributed by atoms with Gasteiger partial charge in [0.1, 0.15) is 28.9 Å². The zero-order chi connectivity index (χ0) is 22.6. The zero-order valence-corrected chi connectivity index (χ0v) is 19.9. The molecule has 0 aliphatic carbocycles. The van der Waals surface area contributed by atoms with E-state index in [2.05, 4.69) is 26.3 Å². The van der Waals surface area contributed by atoms with Crippen molar-refractivity contribution in [3.05, 3.63) is 82.6 Å². The molecule has 1 unspecified atom stereocenters. The molecule has 33 heavy (non-hydrogen) atoms. The van der Waals surface area contributed by atoms with Crippen LogP contribution in [0.15, 0.2) is 66.3 Å². The number of benzene rings is 2. The van der Waals surface area contributed by atoms with Crippen LogP contribution in [0, 0.1) is 0 Å². The smallest absolute Gasteiger partial charge is 0.140 e. The van der Waals surface area contributed by atoms with Crippen molar-refractivity contribution < 1.29 is 9.29 Å². The van der Waals surface area contributed by atoms with Crippen LogP contribution in [0.4, 0.5) is 0 Å². The van der Waals surface area contributed by atoms with Crippen LogP contribution < -0.4 is 4.74 Å². The molecule has 1 N–H and O–H groups in total. The largest absolute Gasteiger partial charge is 0.616 e. The summed E-state index contributed by atoms with van der Waals surface area (Å²) < 4.78 is 19.9. The number of rotatable bonds is 9. The summed E-state index contributed by atoms with van der Waals surface area (Å²) in [5, 5.41) is 12.3. The zero-order valence-electron chi connectivity index (χ0n) is 17.5. The van der Waals surface area contributed by atoms with Gasteiger partial charge in [0.05, 0.1) is 24.1 Å². The Labute approximate surface area is 202 Å². The van der Waals surface area contributed by atoms with Crippen molar-refractivity contribution in [3.63, 3.8) is 0 Å². The van der Waals surface area contributed by atoms with E-state index in [4.69, 9.17) is 16.3 Å². The van der Waals surface area contributed by atoms with Gasteiger partial charge in [0.2, 0.25) is 0 Å². The van der Waals surface area contributed by atoms with Gasteiger partial charge in [-0.05, 0) is 47.6 Å². The lowest BCUT2D eigenvalue weighted by Crippen LogP contribution is -2.15. The predicted molar refractivity (Wildman–Crippen MR) is 132 cm³/mol. The van der Waals surface area contributed by atoms with E-state index in [1.165, 1.54) is 0 Å². The lowest BCUT2D eigenvalue weighted by molar-refractivity contribution is 0.302. The fraction of sp³-hybridized carbons (Fsp3) is 0.174. The quantitative estimate of drug-likeness (QED) is 0.287. The van der Waals surface area contributed by atoms with Crippen molar-refractivity contribution in [1.82, 2.24) is 25.0 Å². The van der Waals surface area contributed by atoms with Gasteiger partial charge in [-0.2, -0.15) is 0 Å². The van der Waals surface area contributed by atoms with Crippen LogP contribution in [-0.4, -0.2) is 35.3 Å². The molecule has 0 radical (unpaired) electrons. The lowest BCUT2D eigenvalue weighted by atomic mass is 10.2. The molecule has 0 fully saturated rings. The van der Waals surface area contributed by atoms with Crippen molar-refractivity contribution in [1.29, 1.82) is 0 Å². The summed E-state index contributed by atoms with van der Waals surface area (Å²) in [5.41, 5.74) is 3.87. The molecular formula is C23H20ClN5O2S2. The Morgan fingerprint density at radius 1 is 1.15 bits per heavy atom. The fourth-order valence-electron chi connectivity index (χ4n) is 3.36. The number of halogens is 1. The Hall–Kier alpha value is -2.85. The highest BCUT2D eigenvalue weighted by Crippen LogP contribution is 2.28. The van der Waals surface area contributed by atoms with Gasteiger partial charge in [0.15, 0.2) is 0 Å². The molecule has 0 aliphatic rings. The summed E-state index contributed by atoms with van der Waals surface area (Å²) in [6.07, 6.45) is 3.39. The number of aromatic nitrogens is 5. The number of thiazole rings is 1. The Balaban J connectivity index is 1.14. The minimum Gasteiger partial charge on any atom is -0.616 e. The number of fused-ring (bicyclic) bond motifs is 1. The van der Waals surface area contributed by atoms with E-state index in [1.54, 1.807) is 28.4 Å². The number of hydrogen-bond acceptors (Lipinski definition) is 6. The minimum absolute atomic E-state index is 0.381. The standard InChI is InChI=1S/C23H20ClN5O2S2/c24-18-3-6-21-17(11-18)12-22(27-21)23-26-19(14-32-23)13-31-20-4-1-16(2-5-20)15-33(30)10-9-29-8-7-25-28-29/h1-8,11-12,14,27H,9-10,13,15H2. The maximum absolute atomic E-state index is 12.3. The van der Waals surface area contributed by atoms with Crippen LogP contribution in [0.3, 0.4) is 0 Å². The van der Waals surface area contributed by atoms with Gasteiger partial charge < -0.3 is 14.3 Å². The van der Waals surface area contributed by atoms with Crippen LogP contribution >= 0.6 is 22.9 Å². The Kier molecular flexibility index (Phi) is 6.63. The number of nitrogens with one attached hydrogen (secondary N) is 1. The van der Waals surface area contributed by atoms with E-state index >= 15 is 0 Å². The average molecular weight is 498 g/mol. The summed E-state index contributed by atoms with van der Waals surface area (Å²) in [5.74, 6) is 1.79. The second-order valence-electron chi connectivity index (χ2n) is 7.45. The van der Waals surface area contributed by atoms with Crippen LogP contribution in [0.2, 0.25) is 5.02 Å². The molecule has 168 valence electrons. The SMILES string of the molecule is [O-][S+](CCn1ccnn1)Cc1ccc(OCc2csc(-c3cc4cc(Cl)ccc4[nH]3)n2)cc1. The molecule has 0 aliphatic heterocycles. The van der Waals surface area contributed by atoms with E-state index in [-0.39, 0.29) is 0 Å². The number of H-pyrrole nitrogens is 1. The molecule has 7 nitrogen and oxygen atoms in total. The van der Waals surface area contributed by atoms with Crippen molar-refractivity contribution in [3.8, 4) is 16.5 Å². The Morgan fingerprint density at radius 2 is 2.03 bits per heavy atom. The number of aromatic amines is 1. The molecule has 0 saturated heterocycles. The fourth-order valence-corrected chi connectivity index (χ4v) is 5.42. The number of ether oxygens (including phenoxy) is 1. The third kappa shape index (κ3) is 5.56. The molecule has 0 bridgehead atoms. The van der Waals surface area contributed by atoms with E-state index in [9.17, 15) is 4.55 Å². The maximum Gasteiger partial charge on any atom is 0.140 e. The molecule has 3 aromatic heterocycles. The average Bonchev–Trinajstić information content (AvgIpc) is 3.57. The van der Waals surface area contributed by atoms with Crippen molar-refractivity contribution in [2.24, 2.45) is 0 Å². The van der Waals surface area contributed by atoms with Crippen LogP contribution in [0.5, 0.6) is 5.75 Å². The first-order chi connectivity index (χ1) is 16.1. The van der Waals surface area contributed by atoms with Gasteiger partial charge in [-0.15, -0.1) is 16.4 Å². The highest BCUT2D eigenvalue weighted by Gasteiger charge is 2.11. The topological polar surface area (TPSA) is 91.7 Å². The van der Waals surface area contributed by atoms with Crippen LogP contribution in [0.1, 0.15) is 11.3 Å². The van der Waals surface area contributed by atoms with Gasteiger partial charge in [-0.25, -0.2) is 9.67 Å². The first-order valence-corrected chi connectivity index (χ1v) is 13.0. The molecule has 2 aromatic carbocycles. The highest BCUT2D eigenvalue weighted by atomic mass is 35.5. The van der Waals surface area contributed by atoms with Gasteiger partial charge in [0, 0.05) is 33.1 Å². The summed E-state index contributed by atoms with van der Waals surface area (Å²) in [7, 11) is 0. The third-order valence-corrected chi connectivity index (χ3v) is 7.48. The third-order valence-electron chi connectivity index (χ3n) is 5.02. The molecule has 10 heteroatoms. The highest BCUT2D eigenvalue weighted by molar-refractivity contribution is 7.90. The molecule has 1 atom stereocenters. The number of hydrogen-bond donors (Lipinski definition) is 1. The molecule has 3 heterocycles. The predicted octanol–water partition coefficient (Wildman–Crippen LogP) is 5.06. The molecular weight excluding hydrogens is 478 g/mol. The van der Waals surface area contributed by atoms with Gasteiger partial charge >= 0.3 is 0 Å².